The van der Waals surface area contributed by atoms with Crippen molar-refractivity contribution >= 4 is 16.4 Å². The zero-order valence-corrected chi connectivity index (χ0v) is 8.70. The zero-order valence-electron chi connectivity index (χ0n) is 7.88. The van der Waals surface area contributed by atoms with E-state index in [2.05, 4.69) is 4.18 Å². The van der Waals surface area contributed by atoms with Crippen LogP contribution in [0.5, 0.6) is 5.75 Å². The van der Waals surface area contributed by atoms with Crippen LogP contribution < -0.4 is 4.18 Å². The molecule has 0 aliphatic heterocycles. The topological polar surface area (TPSA) is 84.2 Å². The maximum atomic E-state index is 12.0. The summed E-state index contributed by atoms with van der Waals surface area (Å²) in [5, 5.41) is 8.56. The number of rotatable bonds is 4. The van der Waals surface area contributed by atoms with E-state index in [0.717, 1.165) is 6.07 Å². The molecule has 0 spiro atoms. The van der Waals surface area contributed by atoms with E-state index in [1.54, 1.807) is 6.07 Å². The predicted octanol–water partition coefficient (Wildman–Crippen LogP) is 1.01. The van der Waals surface area contributed by atoms with Gasteiger partial charge in [-0.3, -0.25) is 4.79 Å². The molecule has 0 unspecified atom stereocenters. The van der Waals surface area contributed by atoms with Gasteiger partial charge in [0, 0.05) is 6.07 Å². The van der Waals surface area contributed by atoms with Crippen LogP contribution >= 0.6 is 0 Å². The van der Waals surface area contributed by atoms with Crippen LogP contribution in [-0.4, -0.2) is 20.7 Å². The fourth-order valence-electron chi connectivity index (χ4n) is 0.933. The summed E-state index contributed by atoms with van der Waals surface area (Å²) in [6, 6.07) is 3.62. The standard InChI is InChI=1S/C9H6FNO4S/c10-6-16(13,14)15-9-3-7(4-11)1-2-8(9)5-12/h1-3,5H,6H2. The van der Waals surface area contributed by atoms with E-state index in [-0.39, 0.29) is 16.9 Å². The molecule has 0 heterocycles. The summed E-state index contributed by atoms with van der Waals surface area (Å²) in [4.78, 5) is 10.5. The second-order valence-corrected chi connectivity index (χ2v) is 4.23. The van der Waals surface area contributed by atoms with Gasteiger partial charge in [0.1, 0.15) is 0 Å². The van der Waals surface area contributed by atoms with Crippen LogP contribution in [0.4, 0.5) is 4.39 Å². The maximum Gasteiger partial charge on any atom is 0.339 e. The van der Waals surface area contributed by atoms with Gasteiger partial charge in [-0.05, 0) is 12.1 Å². The van der Waals surface area contributed by atoms with Gasteiger partial charge in [-0.15, -0.1) is 0 Å². The third kappa shape index (κ3) is 2.77. The fraction of sp³-hybridized carbons (Fsp3) is 0.111. The van der Waals surface area contributed by atoms with Crippen molar-refractivity contribution in [1.82, 2.24) is 0 Å². The first-order chi connectivity index (χ1) is 7.52. The molecular weight excluding hydrogens is 237 g/mol. The summed E-state index contributed by atoms with van der Waals surface area (Å²) in [7, 11) is -4.37. The van der Waals surface area contributed by atoms with Crippen LogP contribution in [0, 0.1) is 11.3 Å². The maximum absolute atomic E-state index is 12.0. The normalized spacial score (nSPS) is 10.5. The number of alkyl halides is 1. The SMILES string of the molecule is N#Cc1ccc(C=O)c(OS(=O)(=O)CF)c1. The Hall–Kier alpha value is -1.94. The molecule has 0 aliphatic carbocycles. The highest BCUT2D eigenvalue weighted by atomic mass is 32.2. The van der Waals surface area contributed by atoms with Crippen LogP contribution in [0.1, 0.15) is 15.9 Å². The summed E-state index contributed by atoms with van der Waals surface area (Å²) >= 11 is 0. The van der Waals surface area contributed by atoms with Gasteiger partial charge in [-0.2, -0.15) is 13.7 Å². The molecule has 0 atom stereocenters. The monoisotopic (exact) mass is 243 g/mol. The first-order valence-corrected chi connectivity index (χ1v) is 5.57. The molecule has 1 aromatic carbocycles. The summed E-state index contributed by atoms with van der Waals surface area (Å²) in [6.45, 7) is 0. The lowest BCUT2D eigenvalue weighted by molar-refractivity contribution is 0.112. The van der Waals surface area contributed by atoms with Crippen molar-refractivity contribution in [3.8, 4) is 11.8 Å². The lowest BCUT2D eigenvalue weighted by atomic mass is 10.1. The van der Waals surface area contributed by atoms with Gasteiger partial charge in [0.2, 0.25) is 6.01 Å². The van der Waals surface area contributed by atoms with Gasteiger partial charge >= 0.3 is 10.1 Å². The van der Waals surface area contributed by atoms with Gasteiger partial charge in [0.05, 0.1) is 17.2 Å². The minimum atomic E-state index is -4.37. The van der Waals surface area contributed by atoms with Gasteiger partial charge in [-0.25, -0.2) is 4.39 Å². The molecule has 0 aliphatic rings. The number of nitriles is 1. The molecule has 0 saturated carbocycles. The van der Waals surface area contributed by atoms with Crippen LogP contribution in [0.3, 0.4) is 0 Å². The third-order valence-corrected chi connectivity index (χ3v) is 2.32. The molecule has 7 heteroatoms. The Labute approximate surface area is 91.2 Å². The highest BCUT2D eigenvalue weighted by Gasteiger charge is 2.15. The van der Waals surface area contributed by atoms with Crippen molar-refractivity contribution in [2.45, 2.75) is 0 Å². The number of halogens is 1. The van der Waals surface area contributed by atoms with Crippen molar-refractivity contribution in [3.05, 3.63) is 29.3 Å². The molecule has 0 saturated heterocycles. The Kier molecular flexibility index (Phi) is 3.58. The fourth-order valence-corrected chi connectivity index (χ4v) is 1.39. The minimum Gasteiger partial charge on any atom is -0.380 e. The molecule has 0 amide bonds. The van der Waals surface area contributed by atoms with Gasteiger partial charge in [0.15, 0.2) is 12.0 Å². The highest BCUT2D eigenvalue weighted by Crippen LogP contribution is 2.20. The van der Waals surface area contributed by atoms with Crippen LogP contribution in [0.25, 0.3) is 0 Å². The zero-order chi connectivity index (χ0) is 12.2. The lowest BCUT2D eigenvalue weighted by Gasteiger charge is -2.06. The van der Waals surface area contributed by atoms with E-state index in [1.807, 2.05) is 0 Å². The van der Waals surface area contributed by atoms with E-state index < -0.39 is 16.1 Å². The van der Waals surface area contributed by atoms with Crippen molar-refractivity contribution in [3.63, 3.8) is 0 Å². The van der Waals surface area contributed by atoms with Crippen molar-refractivity contribution < 1.29 is 21.8 Å². The number of benzene rings is 1. The minimum absolute atomic E-state index is 0.0731. The van der Waals surface area contributed by atoms with E-state index >= 15 is 0 Å². The quantitative estimate of drug-likeness (QED) is 0.582. The first kappa shape index (κ1) is 12.1. The molecule has 0 bridgehead atoms. The van der Waals surface area contributed by atoms with Gasteiger partial charge in [0.25, 0.3) is 0 Å². The number of aldehydes is 1. The second kappa shape index (κ2) is 4.72. The Morgan fingerprint density at radius 2 is 2.19 bits per heavy atom. The number of nitrogens with zero attached hydrogens (tertiary/aromatic N) is 1. The Bertz CT molecular complexity index is 547. The van der Waals surface area contributed by atoms with Crippen LogP contribution in [0.2, 0.25) is 0 Å². The van der Waals surface area contributed by atoms with Gasteiger partial charge in [-0.1, -0.05) is 0 Å². The summed E-state index contributed by atoms with van der Waals surface area (Å²) in [6.07, 6.45) is 0.351. The summed E-state index contributed by atoms with van der Waals surface area (Å²) in [5.74, 6) is -0.355. The summed E-state index contributed by atoms with van der Waals surface area (Å²) in [5.41, 5.74) is 0.0330. The third-order valence-electron chi connectivity index (χ3n) is 1.62. The molecule has 5 nitrogen and oxygen atoms in total. The van der Waals surface area contributed by atoms with Crippen molar-refractivity contribution in [2.75, 3.05) is 6.01 Å². The average molecular weight is 243 g/mol. The summed E-state index contributed by atoms with van der Waals surface area (Å²) < 4.78 is 38.0. The molecule has 1 aromatic rings. The predicted molar refractivity (Wildman–Crippen MR) is 52.1 cm³/mol. The molecule has 0 radical (unpaired) electrons. The second-order valence-electron chi connectivity index (χ2n) is 2.73. The first-order valence-electron chi connectivity index (χ1n) is 4.00. The number of carbonyl (C=O) groups excluding carboxylic acids is 1. The molecule has 84 valence electrons. The number of carbonyl (C=O) groups is 1. The molecule has 0 aromatic heterocycles. The number of hydrogen-bond donors (Lipinski definition) is 0. The van der Waals surface area contributed by atoms with Crippen molar-refractivity contribution in [1.29, 1.82) is 5.26 Å². The number of hydrogen-bond acceptors (Lipinski definition) is 5. The Balaban J connectivity index is 3.21. The molecule has 0 N–H and O–H groups in total. The average Bonchev–Trinajstić information content (AvgIpc) is 2.28. The van der Waals surface area contributed by atoms with E-state index in [4.69, 9.17) is 5.26 Å². The van der Waals surface area contributed by atoms with Gasteiger partial charge < -0.3 is 4.18 Å². The smallest absolute Gasteiger partial charge is 0.339 e. The Morgan fingerprint density at radius 3 is 2.69 bits per heavy atom. The highest BCUT2D eigenvalue weighted by molar-refractivity contribution is 7.86. The van der Waals surface area contributed by atoms with Crippen LogP contribution in [0.15, 0.2) is 18.2 Å². The van der Waals surface area contributed by atoms with Crippen molar-refractivity contribution in [2.24, 2.45) is 0 Å². The van der Waals surface area contributed by atoms with E-state index in [1.165, 1.54) is 12.1 Å². The van der Waals surface area contributed by atoms with E-state index in [0.29, 0.717) is 6.29 Å². The van der Waals surface area contributed by atoms with Crippen LogP contribution in [-0.2, 0) is 10.1 Å². The lowest BCUT2D eigenvalue weighted by Crippen LogP contribution is -2.11. The molecular formula is C9H6FNO4S. The Morgan fingerprint density at radius 1 is 1.50 bits per heavy atom. The van der Waals surface area contributed by atoms with E-state index in [9.17, 15) is 17.6 Å². The molecule has 16 heavy (non-hydrogen) atoms. The largest absolute Gasteiger partial charge is 0.380 e. The molecule has 1 rings (SSSR count). The molecule has 0 fully saturated rings.